The first-order chi connectivity index (χ1) is 16.0. The van der Waals surface area contributed by atoms with Crippen LogP contribution < -0.4 is 0 Å². The number of nitrogens with zero attached hydrogens (tertiary/aromatic N) is 3. The third-order valence-electron chi connectivity index (χ3n) is 7.30. The van der Waals surface area contributed by atoms with E-state index in [1.165, 1.54) is 19.4 Å². The molecule has 34 heavy (non-hydrogen) atoms. The Bertz CT molecular complexity index is 907. The van der Waals surface area contributed by atoms with E-state index in [0.717, 1.165) is 37.4 Å². The maximum Gasteiger partial charge on any atom is 0.410 e. The van der Waals surface area contributed by atoms with E-state index in [9.17, 15) is 9.59 Å². The van der Waals surface area contributed by atoms with Crippen molar-refractivity contribution < 1.29 is 14.3 Å². The molecule has 1 aliphatic carbocycles. The van der Waals surface area contributed by atoms with Gasteiger partial charge in [-0.05, 0) is 83.2 Å². The van der Waals surface area contributed by atoms with Crippen LogP contribution >= 0.6 is 23.2 Å². The molecule has 1 aromatic rings. The Balaban J connectivity index is 1.48. The molecule has 0 radical (unpaired) electrons. The van der Waals surface area contributed by atoms with E-state index in [2.05, 4.69) is 4.90 Å². The minimum absolute atomic E-state index is 0.0514. The zero-order valence-electron chi connectivity index (χ0n) is 20.7. The molecule has 6 nitrogen and oxygen atoms in total. The standard InChI is InChI=1S/C26H37Cl2N3O3/c1-26(2,3)34-25(33)29(4)23-16-31(15-20(23)19-7-8-21(27)22(28)13-19)24(32)18-9-11-30(12-10-18)14-17-5-6-17/h7-8,13,17-18,20,23H,5-6,9-12,14-16H2,1-4H3/t20-,23?/m1/s1. The molecule has 2 heterocycles. The van der Waals surface area contributed by atoms with E-state index in [1.54, 1.807) is 18.0 Å². The molecular formula is C26H37Cl2N3O3. The van der Waals surface area contributed by atoms with Gasteiger partial charge in [0, 0.05) is 38.5 Å². The van der Waals surface area contributed by atoms with Gasteiger partial charge in [-0.1, -0.05) is 29.3 Å². The summed E-state index contributed by atoms with van der Waals surface area (Å²) in [5.74, 6) is 1.07. The summed E-state index contributed by atoms with van der Waals surface area (Å²) >= 11 is 12.5. The van der Waals surface area contributed by atoms with Gasteiger partial charge in [-0.25, -0.2) is 4.79 Å². The number of carbonyl (C=O) groups is 2. The summed E-state index contributed by atoms with van der Waals surface area (Å²) in [6.45, 7) is 9.79. The minimum Gasteiger partial charge on any atom is -0.444 e. The summed E-state index contributed by atoms with van der Waals surface area (Å²) in [4.78, 5) is 32.5. The van der Waals surface area contributed by atoms with E-state index in [-0.39, 0.29) is 29.9 Å². The number of likely N-dealkylation sites (tertiary alicyclic amines) is 2. The fourth-order valence-electron chi connectivity index (χ4n) is 5.19. The normalized spacial score (nSPS) is 24.4. The minimum atomic E-state index is -0.590. The fourth-order valence-corrected chi connectivity index (χ4v) is 5.49. The van der Waals surface area contributed by atoms with E-state index >= 15 is 0 Å². The van der Waals surface area contributed by atoms with Crippen LogP contribution in [-0.4, -0.2) is 78.1 Å². The molecule has 0 N–H and O–H groups in total. The molecule has 4 rings (SSSR count). The predicted molar refractivity (Wildman–Crippen MR) is 135 cm³/mol. The van der Waals surface area contributed by atoms with Crippen molar-refractivity contribution in [3.63, 3.8) is 0 Å². The van der Waals surface area contributed by atoms with Crippen molar-refractivity contribution in [1.29, 1.82) is 0 Å². The van der Waals surface area contributed by atoms with Crippen LogP contribution in [0.15, 0.2) is 18.2 Å². The van der Waals surface area contributed by atoms with Crippen molar-refractivity contribution in [3.8, 4) is 0 Å². The molecule has 2 aliphatic heterocycles. The van der Waals surface area contributed by atoms with Crippen molar-refractivity contribution in [1.82, 2.24) is 14.7 Å². The molecule has 1 saturated carbocycles. The number of ether oxygens (including phenoxy) is 1. The Morgan fingerprint density at radius 2 is 1.74 bits per heavy atom. The Kier molecular flexibility index (Phi) is 7.70. The highest BCUT2D eigenvalue weighted by atomic mass is 35.5. The maximum atomic E-state index is 13.5. The second-order valence-electron chi connectivity index (χ2n) is 11.2. The summed E-state index contributed by atoms with van der Waals surface area (Å²) in [6.07, 6.45) is 4.15. The monoisotopic (exact) mass is 509 g/mol. The predicted octanol–water partition coefficient (Wildman–Crippen LogP) is 5.28. The quantitative estimate of drug-likeness (QED) is 0.541. The molecule has 2 amide bonds. The van der Waals surface area contributed by atoms with Gasteiger partial charge < -0.3 is 19.4 Å². The summed E-state index contributed by atoms with van der Waals surface area (Å²) in [5, 5.41) is 0.969. The highest BCUT2D eigenvalue weighted by Gasteiger charge is 2.43. The lowest BCUT2D eigenvalue weighted by molar-refractivity contribution is -0.136. The lowest BCUT2D eigenvalue weighted by Gasteiger charge is -2.33. The van der Waals surface area contributed by atoms with E-state index in [0.29, 0.717) is 23.1 Å². The highest BCUT2D eigenvalue weighted by molar-refractivity contribution is 6.42. The summed E-state index contributed by atoms with van der Waals surface area (Å²) in [6, 6.07) is 5.38. The van der Waals surface area contributed by atoms with Gasteiger partial charge in [-0.3, -0.25) is 4.79 Å². The second kappa shape index (κ2) is 10.2. The van der Waals surface area contributed by atoms with E-state index in [1.807, 2.05) is 37.8 Å². The molecule has 3 fully saturated rings. The number of likely N-dealkylation sites (N-methyl/N-ethyl adjacent to an activating group) is 1. The van der Waals surface area contributed by atoms with Crippen LogP contribution in [0.2, 0.25) is 10.0 Å². The molecule has 0 aromatic heterocycles. The fraction of sp³-hybridized carbons (Fsp3) is 0.692. The van der Waals surface area contributed by atoms with Crippen molar-refractivity contribution in [2.45, 2.75) is 64.0 Å². The van der Waals surface area contributed by atoms with Crippen LogP contribution in [0.25, 0.3) is 0 Å². The largest absolute Gasteiger partial charge is 0.444 e. The first kappa shape index (κ1) is 25.6. The lowest BCUT2D eigenvalue weighted by atomic mass is 9.93. The molecule has 8 heteroatoms. The van der Waals surface area contributed by atoms with Crippen molar-refractivity contribution in [3.05, 3.63) is 33.8 Å². The Labute approximate surface area is 213 Å². The number of amides is 2. The maximum absolute atomic E-state index is 13.5. The number of piperidine rings is 1. The van der Waals surface area contributed by atoms with Gasteiger partial charge in [0.1, 0.15) is 5.60 Å². The zero-order valence-corrected chi connectivity index (χ0v) is 22.2. The van der Waals surface area contributed by atoms with Crippen LogP contribution in [-0.2, 0) is 9.53 Å². The van der Waals surface area contributed by atoms with E-state index < -0.39 is 5.60 Å². The smallest absolute Gasteiger partial charge is 0.410 e. The van der Waals surface area contributed by atoms with Crippen molar-refractivity contribution in [2.24, 2.45) is 11.8 Å². The van der Waals surface area contributed by atoms with Crippen LogP contribution in [0, 0.1) is 11.8 Å². The number of rotatable bonds is 5. The third-order valence-corrected chi connectivity index (χ3v) is 8.04. The van der Waals surface area contributed by atoms with E-state index in [4.69, 9.17) is 27.9 Å². The van der Waals surface area contributed by atoms with Crippen LogP contribution in [0.1, 0.15) is 57.9 Å². The molecule has 3 aliphatic rings. The van der Waals surface area contributed by atoms with Gasteiger partial charge in [0.15, 0.2) is 0 Å². The molecular weight excluding hydrogens is 473 g/mol. The first-order valence-corrected chi connectivity index (χ1v) is 13.2. The van der Waals surface area contributed by atoms with Gasteiger partial charge in [0.25, 0.3) is 0 Å². The number of carbonyl (C=O) groups excluding carboxylic acids is 2. The number of benzene rings is 1. The summed E-state index contributed by atoms with van der Waals surface area (Å²) in [7, 11) is 1.76. The van der Waals surface area contributed by atoms with Gasteiger partial charge in [-0.15, -0.1) is 0 Å². The molecule has 2 saturated heterocycles. The second-order valence-corrected chi connectivity index (χ2v) is 12.0. The van der Waals surface area contributed by atoms with Crippen LogP contribution in [0.3, 0.4) is 0 Å². The average Bonchev–Trinajstić information content (AvgIpc) is 3.48. The summed E-state index contributed by atoms with van der Waals surface area (Å²) < 4.78 is 5.63. The Hall–Kier alpha value is -1.50. The SMILES string of the molecule is CN(C(=O)OC(C)(C)C)C1CN(C(=O)C2CCN(CC3CC3)CC2)C[C@@H]1c1ccc(Cl)c(Cl)c1. The summed E-state index contributed by atoms with van der Waals surface area (Å²) in [5.41, 5.74) is 0.386. The molecule has 1 aromatic carbocycles. The number of hydrogen-bond donors (Lipinski definition) is 0. The van der Waals surface area contributed by atoms with Gasteiger partial charge in [-0.2, -0.15) is 0 Å². The molecule has 0 bridgehead atoms. The zero-order chi connectivity index (χ0) is 24.6. The molecule has 188 valence electrons. The Morgan fingerprint density at radius 1 is 1.06 bits per heavy atom. The van der Waals surface area contributed by atoms with Gasteiger partial charge in [0.2, 0.25) is 5.91 Å². The molecule has 1 unspecified atom stereocenters. The topological polar surface area (TPSA) is 53.1 Å². The molecule has 0 spiro atoms. The number of halogens is 2. The van der Waals surface area contributed by atoms with Crippen LogP contribution in [0.5, 0.6) is 0 Å². The van der Waals surface area contributed by atoms with Crippen molar-refractivity contribution in [2.75, 3.05) is 39.8 Å². The third kappa shape index (κ3) is 6.19. The lowest BCUT2D eigenvalue weighted by Crippen LogP contribution is -2.45. The average molecular weight is 511 g/mol. The number of hydrogen-bond acceptors (Lipinski definition) is 4. The van der Waals surface area contributed by atoms with Gasteiger partial charge in [0.05, 0.1) is 16.1 Å². The highest BCUT2D eigenvalue weighted by Crippen LogP contribution is 2.36. The van der Waals surface area contributed by atoms with Crippen molar-refractivity contribution >= 4 is 35.2 Å². The first-order valence-electron chi connectivity index (χ1n) is 12.4. The van der Waals surface area contributed by atoms with Crippen LogP contribution in [0.4, 0.5) is 4.79 Å². The molecule has 2 atom stereocenters. The Morgan fingerprint density at radius 3 is 2.32 bits per heavy atom. The van der Waals surface area contributed by atoms with Gasteiger partial charge >= 0.3 is 6.09 Å².